The molecule has 1 rings (SSSR count). The zero-order chi connectivity index (χ0) is 9.35. The largest absolute Gasteiger partial charge is 0.401 e. The van der Waals surface area contributed by atoms with E-state index in [1.807, 2.05) is 0 Å². The predicted octanol–water partition coefficient (Wildman–Crippen LogP) is -0.505. The minimum Gasteiger partial charge on any atom is -0.401 e. The van der Waals surface area contributed by atoms with Crippen LogP contribution < -0.4 is 11.5 Å². The van der Waals surface area contributed by atoms with Crippen LogP contribution in [-0.4, -0.2) is 13.0 Å². The summed E-state index contributed by atoms with van der Waals surface area (Å²) >= 11 is 0. The summed E-state index contributed by atoms with van der Waals surface area (Å²) in [7, 11) is -4.20. The van der Waals surface area contributed by atoms with Gasteiger partial charge in [-0.25, -0.2) is 0 Å². The Morgan fingerprint density at radius 1 is 1.33 bits per heavy atom. The van der Waals surface area contributed by atoms with Gasteiger partial charge in [-0.2, -0.15) is 8.42 Å². The van der Waals surface area contributed by atoms with Gasteiger partial charge in [0.25, 0.3) is 10.1 Å². The topological polar surface area (TPSA) is 106 Å². The summed E-state index contributed by atoms with van der Waals surface area (Å²) in [6.07, 6.45) is 2.76. The lowest BCUT2D eigenvalue weighted by molar-refractivity contribution is 0.491. The third kappa shape index (κ3) is 1.84. The monoisotopic (exact) mass is 189 g/mol. The first-order valence-electron chi connectivity index (χ1n) is 3.17. The fraction of sp³-hybridized carbons (Fsp3) is 0.167. The molecule has 12 heavy (non-hydrogen) atoms. The maximum absolute atomic E-state index is 10.6. The van der Waals surface area contributed by atoms with Crippen molar-refractivity contribution in [1.82, 2.24) is 0 Å². The van der Waals surface area contributed by atoms with Crippen molar-refractivity contribution in [3.05, 3.63) is 28.8 Å². The minimum absolute atomic E-state index is 0.0671. The Morgan fingerprint density at radius 2 is 1.92 bits per heavy atom. The van der Waals surface area contributed by atoms with Gasteiger partial charge in [0.2, 0.25) is 0 Å². The summed E-state index contributed by atoms with van der Waals surface area (Å²) in [5.74, 6) is 0. The van der Waals surface area contributed by atoms with Crippen LogP contribution in [-0.2, 0) is 10.1 Å². The first-order chi connectivity index (χ1) is 5.41. The summed E-state index contributed by atoms with van der Waals surface area (Å²) in [6, 6.07) is 0.472. The van der Waals surface area contributed by atoms with Gasteiger partial charge in [0.05, 0.1) is 6.04 Å². The number of nitrogens with two attached hydrogens (primary N) is 2. The van der Waals surface area contributed by atoms with Crippen molar-refractivity contribution < 1.29 is 13.0 Å². The third-order valence-corrected chi connectivity index (χ3v) is 2.39. The van der Waals surface area contributed by atoms with Crippen LogP contribution in [0.25, 0.3) is 0 Å². The summed E-state index contributed by atoms with van der Waals surface area (Å²) in [5.41, 5.74) is 10.8. The fourth-order valence-electron chi connectivity index (χ4n) is 0.907. The Bertz CT molecular complexity index is 342. The average Bonchev–Trinajstić information content (AvgIpc) is 1.83. The molecule has 0 saturated heterocycles. The molecule has 0 bridgehead atoms. The van der Waals surface area contributed by atoms with Gasteiger partial charge in [0.1, 0.15) is 4.91 Å². The SMILES string of the molecule is N[C]1C=CC(S(=O)(=O)O)=C(N)C1. The maximum atomic E-state index is 10.6. The first-order valence-corrected chi connectivity index (χ1v) is 4.61. The lowest BCUT2D eigenvalue weighted by atomic mass is 10.1. The molecule has 1 radical (unpaired) electrons. The molecule has 0 amide bonds. The molecule has 0 atom stereocenters. The molecule has 0 aromatic carbocycles. The Morgan fingerprint density at radius 3 is 2.33 bits per heavy atom. The second-order valence-corrected chi connectivity index (χ2v) is 3.84. The fourth-order valence-corrected chi connectivity index (χ4v) is 1.55. The normalized spacial score (nSPS) is 20.2. The standard InChI is InChI=1S/C6H9N2O3S/c7-4-1-2-6(5(8)3-4)12(9,10)11/h1-2H,3,7-8H2,(H,9,10,11). The van der Waals surface area contributed by atoms with Crippen molar-refractivity contribution in [2.45, 2.75) is 6.42 Å². The molecule has 0 aromatic heterocycles. The highest BCUT2D eigenvalue weighted by Crippen LogP contribution is 2.21. The van der Waals surface area contributed by atoms with Gasteiger partial charge in [-0.1, -0.05) is 6.08 Å². The van der Waals surface area contributed by atoms with E-state index in [0.717, 1.165) is 0 Å². The van der Waals surface area contributed by atoms with E-state index in [0.29, 0.717) is 6.04 Å². The molecule has 5 nitrogen and oxygen atoms in total. The van der Waals surface area contributed by atoms with Crippen molar-refractivity contribution >= 4 is 10.1 Å². The predicted molar refractivity (Wildman–Crippen MR) is 43.9 cm³/mol. The van der Waals surface area contributed by atoms with E-state index in [-0.39, 0.29) is 17.0 Å². The summed E-state index contributed by atoms with van der Waals surface area (Å²) < 4.78 is 29.9. The van der Waals surface area contributed by atoms with Gasteiger partial charge in [-0.15, -0.1) is 0 Å². The van der Waals surface area contributed by atoms with Crippen molar-refractivity contribution in [1.29, 1.82) is 0 Å². The zero-order valence-corrected chi connectivity index (χ0v) is 7.00. The minimum atomic E-state index is -4.20. The van der Waals surface area contributed by atoms with E-state index >= 15 is 0 Å². The molecule has 0 fully saturated rings. The molecular formula is C6H9N2O3S. The molecule has 0 aliphatic heterocycles. The van der Waals surface area contributed by atoms with Gasteiger partial charge < -0.3 is 11.5 Å². The van der Waals surface area contributed by atoms with Crippen LogP contribution in [0.1, 0.15) is 6.42 Å². The van der Waals surface area contributed by atoms with E-state index in [4.69, 9.17) is 16.0 Å². The van der Waals surface area contributed by atoms with Crippen molar-refractivity contribution in [3.63, 3.8) is 0 Å². The van der Waals surface area contributed by atoms with E-state index in [9.17, 15) is 8.42 Å². The third-order valence-electron chi connectivity index (χ3n) is 1.44. The quantitative estimate of drug-likeness (QED) is 0.482. The molecule has 0 spiro atoms. The summed E-state index contributed by atoms with van der Waals surface area (Å²) in [5, 5.41) is 0. The first kappa shape index (κ1) is 9.24. The van der Waals surface area contributed by atoms with Gasteiger partial charge >= 0.3 is 0 Å². The molecule has 6 heteroatoms. The molecule has 1 aliphatic carbocycles. The van der Waals surface area contributed by atoms with Crippen molar-refractivity contribution in [2.75, 3.05) is 0 Å². The van der Waals surface area contributed by atoms with Crippen LogP contribution in [0.3, 0.4) is 0 Å². The number of hydrogen-bond acceptors (Lipinski definition) is 4. The lowest BCUT2D eigenvalue weighted by Crippen LogP contribution is -2.19. The molecule has 0 aromatic rings. The molecular weight excluding hydrogens is 180 g/mol. The smallest absolute Gasteiger partial charge is 0.296 e. The van der Waals surface area contributed by atoms with Crippen LogP contribution in [0.5, 0.6) is 0 Å². The Labute approximate surface area is 70.5 Å². The Hall–Kier alpha value is -0.850. The van der Waals surface area contributed by atoms with Crippen LogP contribution >= 0.6 is 0 Å². The van der Waals surface area contributed by atoms with E-state index in [1.165, 1.54) is 12.2 Å². The zero-order valence-electron chi connectivity index (χ0n) is 6.19. The molecule has 0 unspecified atom stereocenters. The van der Waals surface area contributed by atoms with Gasteiger partial charge in [0, 0.05) is 12.1 Å². The number of rotatable bonds is 1. The highest BCUT2D eigenvalue weighted by Gasteiger charge is 2.20. The van der Waals surface area contributed by atoms with Gasteiger partial charge in [0.15, 0.2) is 0 Å². The van der Waals surface area contributed by atoms with E-state index in [1.54, 1.807) is 0 Å². The summed E-state index contributed by atoms with van der Waals surface area (Å²) in [6.45, 7) is 0. The molecule has 5 N–H and O–H groups in total. The number of allylic oxidation sites excluding steroid dienone is 1. The van der Waals surface area contributed by atoms with Crippen molar-refractivity contribution in [2.24, 2.45) is 11.5 Å². The van der Waals surface area contributed by atoms with Crippen molar-refractivity contribution in [3.8, 4) is 0 Å². The van der Waals surface area contributed by atoms with Crippen LogP contribution in [0.15, 0.2) is 22.8 Å². The molecule has 0 heterocycles. The summed E-state index contributed by atoms with van der Waals surface area (Å²) in [4.78, 5) is -0.267. The van der Waals surface area contributed by atoms with Crippen LogP contribution in [0, 0.1) is 6.04 Å². The lowest BCUT2D eigenvalue weighted by Gasteiger charge is -2.13. The average molecular weight is 189 g/mol. The Balaban J connectivity index is 3.09. The number of hydrogen-bond donors (Lipinski definition) is 3. The maximum Gasteiger partial charge on any atom is 0.296 e. The van der Waals surface area contributed by atoms with Gasteiger partial charge in [-0.3, -0.25) is 4.55 Å². The van der Waals surface area contributed by atoms with E-state index < -0.39 is 10.1 Å². The van der Waals surface area contributed by atoms with E-state index in [2.05, 4.69) is 0 Å². The second kappa shape index (κ2) is 2.89. The molecule has 1 aliphatic rings. The van der Waals surface area contributed by atoms with Crippen LogP contribution in [0.4, 0.5) is 0 Å². The van der Waals surface area contributed by atoms with Crippen LogP contribution in [0.2, 0.25) is 0 Å². The highest BCUT2D eigenvalue weighted by molar-refractivity contribution is 7.90. The Kier molecular flexibility index (Phi) is 2.22. The molecule has 0 saturated carbocycles. The second-order valence-electron chi connectivity index (χ2n) is 2.45. The molecule has 67 valence electrons. The van der Waals surface area contributed by atoms with Gasteiger partial charge in [-0.05, 0) is 6.08 Å². The highest BCUT2D eigenvalue weighted by atomic mass is 32.2.